The van der Waals surface area contributed by atoms with E-state index in [1.165, 1.54) is 0 Å². The molecule has 0 amide bonds. The molecule has 2 heteroatoms. The van der Waals surface area contributed by atoms with Crippen LogP contribution in [0.4, 0.5) is 0 Å². The van der Waals surface area contributed by atoms with Crippen LogP contribution in [-0.4, -0.2) is 10.2 Å². The Morgan fingerprint density at radius 1 is 0.765 bits per heavy atom. The minimum atomic E-state index is -0.0279. The van der Waals surface area contributed by atoms with E-state index in [4.69, 9.17) is 0 Å². The molecule has 0 saturated carbocycles. The topological polar surface area (TPSA) is 40.5 Å². The highest BCUT2D eigenvalue weighted by Crippen LogP contribution is 2.39. The average molecular weight is 228 g/mol. The molecule has 0 bridgehead atoms. The van der Waals surface area contributed by atoms with Gasteiger partial charge in [0.1, 0.15) is 0 Å². The van der Waals surface area contributed by atoms with Crippen molar-refractivity contribution in [3.8, 4) is 22.6 Å². The Morgan fingerprint density at radius 2 is 1.41 bits per heavy atom. The summed E-state index contributed by atoms with van der Waals surface area (Å²) in [7, 11) is 0. The first-order valence-corrected chi connectivity index (χ1v) is 5.60. The summed E-state index contributed by atoms with van der Waals surface area (Å²) in [6.07, 6.45) is 0. The van der Waals surface area contributed by atoms with E-state index in [1.54, 1.807) is 6.92 Å². The molecule has 2 aromatic carbocycles. The number of benzene rings is 2. The zero-order valence-electron chi connectivity index (χ0n) is 10.3. The van der Waals surface area contributed by atoms with Crippen LogP contribution in [0.5, 0.6) is 11.5 Å². The third kappa shape index (κ3) is 1.86. The molecule has 0 heterocycles. The molecule has 0 radical (unpaired) electrons. The van der Waals surface area contributed by atoms with Gasteiger partial charge in [-0.3, -0.25) is 0 Å². The molecular formula is C15H16O2. The highest BCUT2D eigenvalue weighted by molar-refractivity contribution is 5.75. The molecule has 0 fully saturated rings. The van der Waals surface area contributed by atoms with Crippen molar-refractivity contribution in [2.75, 3.05) is 0 Å². The van der Waals surface area contributed by atoms with Crippen LogP contribution >= 0.6 is 0 Å². The summed E-state index contributed by atoms with van der Waals surface area (Å²) >= 11 is 0. The van der Waals surface area contributed by atoms with Gasteiger partial charge in [0.25, 0.3) is 0 Å². The van der Waals surface area contributed by atoms with Gasteiger partial charge in [0.2, 0.25) is 0 Å². The third-order valence-corrected chi connectivity index (χ3v) is 3.15. The fourth-order valence-corrected chi connectivity index (χ4v) is 2.04. The summed E-state index contributed by atoms with van der Waals surface area (Å²) in [6, 6.07) is 9.93. The zero-order chi connectivity index (χ0) is 12.6. The van der Waals surface area contributed by atoms with Gasteiger partial charge in [-0.25, -0.2) is 0 Å². The van der Waals surface area contributed by atoms with E-state index >= 15 is 0 Å². The molecule has 0 aliphatic carbocycles. The van der Waals surface area contributed by atoms with Gasteiger partial charge in [0.15, 0.2) is 11.5 Å². The van der Waals surface area contributed by atoms with Crippen molar-refractivity contribution in [2.45, 2.75) is 20.8 Å². The number of aryl methyl sites for hydroxylation is 2. The first-order valence-electron chi connectivity index (χ1n) is 5.60. The Hall–Kier alpha value is -1.96. The molecule has 2 rings (SSSR count). The molecule has 2 aromatic rings. The molecular weight excluding hydrogens is 212 g/mol. The van der Waals surface area contributed by atoms with Crippen molar-refractivity contribution >= 4 is 0 Å². The highest BCUT2D eigenvalue weighted by atomic mass is 16.3. The molecule has 17 heavy (non-hydrogen) atoms. The molecule has 0 saturated heterocycles. The normalized spacial score (nSPS) is 10.5. The number of phenolic OH excluding ortho intramolecular Hbond substituents is 2. The van der Waals surface area contributed by atoms with E-state index in [9.17, 15) is 10.2 Å². The maximum absolute atomic E-state index is 9.87. The molecule has 0 aliphatic heterocycles. The number of rotatable bonds is 1. The lowest BCUT2D eigenvalue weighted by molar-refractivity contribution is 0.399. The van der Waals surface area contributed by atoms with Crippen molar-refractivity contribution in [1.29, 1.82) is 0 Å². The lowest BCUT2D eigenvalue weighted by Gasteiger charge is -2.13. The van der Waals surface area contributed by atoms with Gasteiger partial charge in [0.05, 0.1) is 0 Å². The second kappa shape index (κ2) is 4.13. The molecule has 0 unspecified atom stereocenters. The van der Waals surface area contributed by atoms with E-state index in [0.29, 0.717) is 11.1 Å². The van der Waals surface area contributed by atoms with Crippen molar-refractivity contribution in [1.82, 2.24) is 0 Å². The molecule has 2 N–H and O–H groups in total. The van der Waals surface area contributed by atoms with Crippen LogP contribution < -0.4 is 0 Å². The van der Waals surface area contributed by atoms with Crippen molar-refractivity contribution < 1.29 is 10.2 Å². The van der Waals surface area contributed by atoms with Crippen LogP contribution in [0.25, 0.3) is 11.1 Å². The minimum Gasteiger partial charge on any atom is -0.504 e. The van der Waals surface area contributed by atoms with E-state index in [1.807, 2.05) is 44.2 Å². The number of aromatic hydroxyl groups is 2. The molecule has 88 valence electrons. The summed E-state index contributed by atoms with van der Waals surface area (Å²) in [5.74, 6) is -0.0527. The lowest BCUT2D eigenvalue weighted by atomic mass is 9.94. The maximum atomic E-state index is 9.87. The van der Waals surface area contributed by atoms with Crippen LogP contribution in [0.2, 0.25) is 0 Å². The average Bonchev–Trinajstić information content (AvgIpc) is 2.32. The molecule has 0 aliphatic rings. The summed E-state index contributed by atoms with van der Waals surface area (Å²) in [4.78, 5) is 0. The first-order chi connectivity index (χ1) is 8.02. The van der Waals surface area contributed by atoms with Gasteiger partial charge in [-0.15, -0.1) is 0 Å². The monoisotopic (exact) mass is 228 g/mol. The second-order valence-corrected chi connectivity index (χ2v) is 4.38. The van der Waals surface area contributed by atoms with Crippen LogP contribution in [0.3, 0.4) is 0 Å². The maximum Gasteiger partial charge on any atom is 0.161 e. The number of hydrogen-bond donors (Lipinski definition) is 2. The van der Waals surface area contributed by atoms with Gasteiger partial charge in [-0.2, -0.15) is 0 Å². The van der Waals surface area contributed by atoms with Crippen LogP contribution in [0, 0.1) is 20.8 Å². The Balaban J connectivity index is 2.73. The second-order valence-electron chi connectivity index (χ2n) is 4.38. The highest BCUT2D eigenvalue weighted by Gasteiger charge is 2.13. The predicted octanol–water partition coefficient (Wildman–Crippen LogP) is 3.69. The number of hydrogen-bond acceptors (Lipinski definition) is 2. The van der Waals surface area contributed by atoms with E-state index < -0.39 is 0 Å². The van der Waals surface area contributed by atoms with Crippen LogP contribution in [0.1, 0.15) is 16.7 Å². The smallest absolute Gasteiger partial charge is 0.161 e. The fraction of sp³-hybridized carbons (Fsp3) is 0.200. The summed E-state index contributed by atoms with van der Waals surface area (Å²) in [5.41, 5.74) is 4.60. The Morgan fingerprint density at radius 3 is 2.06 bits per heavy atom. The fourth-order valence-electron chi connectivity index (χ4n) is 2.04. The van der Waals surface area contributed by atoms with E-state index in [-0.39, 0.29) is 11.5 Å². The van der Waals surface area contributed by atoms with Gasteiger partial charge >= 0.3 is 0 Å². The quantitative estimate of drug-likeness (QED) is 0.731. The number of phenols is 2. The molecule has 2 nitrogen and oxygen atoms in total. The predicted molar refractivity (Wildman–Crippen MR) is 69.4 cm³/mol. The largest absolute Gasteiger partial charge is 0.504 e. The van der Waals surface area contributed by atoms with Crippen molar-refractivity contribution in [2.24, 2.45) is 0 Å². The van der Waals surface area contributed by atoms with E-state index in [2.05, 4.69) is 0 Å². The summed E-state index contributed by atoms with van der Waals surface area (Å²) in [6.45, 7) is 5.64. The SMILES string of the molecule is Cc1ccccc1-c1cc(C)c(O)c(O)c1C. The van der Waals surface area contributed by atoms with Gasteiger partial charge < -0.3 is 10.2 Å². The van der Waals surface area contributed by atoms with Crippen molar-refractivity contribution in [3.63, 3.8) is 0 Å². The van der Waals surface area contributed by atoms with Crippen LogP contribution in [-0.2, 0) is 0 Å². The van der Waals surface area contributed by atoms with Crippen molar-refractivity contribution in [3.05, 3.63) is 47.0 Å². The third-order valence-electron chi connectivity index (χ3n) is 3.15. The van der Waals surface area contributed by atoms with Crippen LogP contribution in [0.15, 0.2) is 30.3 Å². The molecule has 0 spiro atoms. The Labute approximate surface area is 101 Å². The van der Waals surface area contributed by atoms with E-state index in [0.717, 1.165) is 16.7 Å². The van der Waals surface area contributed by atoms with Gasteiger partial charge in [-0.1, -0.05) is 24.3 Å². The van der Waals surface area contributed by atoms with Gasteiger partial charge in [0, 0.05) is 5.56 Å². The molecule has 0 atom stereocenters. The lowest BCUT2D eigenvalue weighted by Crippen LogP contribution is -1.90. The minimum absolute atomic E-state index is 0.0248. The Kier molecular flexibility index (Phi) is 2.80. The summed E-state index contributed by atoms with van der Waals surface area (Å²) < 4.78 is 0. The first kappa shape index (κ1) is 11.5. The summed E-state index contributed by atoms with van der Waals surface area (Å²) in [5, 5.41) is 19.5. The molecule has 0 aromatic heterocycles. The van der Waals surface area contributed by atoms with Gasteiger partial charge in [-0.05, 0) is 49.1 Å². The zero-order valence-corrected chi connectivity index (χ0v) is 10.3. The standard InChI is InChI=1S/C15H16O2/c1-9-6-4-5-7-12(9)13-8-10(2)14(16)15(17)11(13)3/h4-8,16-17H,1-3H3. The Bertz CT molecular complexity index is 571.